The third-order valence-electron chi connectivity index (χ3n) is 2.50. The summed E-state index contributed by atoms with van der Waals surface area (Å²) >= 11 is 0. The Labute approximate surface area is 86.7 Å². The predicted octanol–water partition coefficient (Wildman–Crippen LogP) is 2.11. The Bertz CT molecular complexity index is 234. The number of ether oxygens (including phenoxy) is 1. The molecule has 1 fully saturated rings. The molecule has 14 heavy (non-hydrogen) atoms. The number of epoxide rings is 1. The van der Waals surface area contributed by atoms with E-state index in [1.807, 2.05) is 13.8 Å². The summed E-state index contributed by atoms with van der Waals surface area (Å²) in [5.41, 5.74) is -0.169. The topological polar surface area (TPSA) is 32.8 Å². The first-order chi connectivity index (χ1) is 6.58. The van der Waals surface area contributed by atoms with Gasteiger partial charge in [0.15, 0.2) is 0 Å². The minimum absolute atomic E-state index is 0.0822. The summed E-state index contributed by atoms with van der Waals surface area (Å²) in [4.78, 5) is 0. The molecule has 0 bridgehead atoms. The Kier molecular flexibility index (Phi) is 3.97. The van der Waals surface area contributed by atoms with E-state index in [0.29, 0.717) is 0 Å². The fraction of sp³-hybridized carbons (Fsp3) is 0.833. The van der Waals surface area contributed by atoms with Gasteiger partial charge in [-0.25, -0.2) is 0 Å². The van der Waals surface area contributed by atoms with Crippen LogP contribution >= 0.6 is 0 Å². The molecule has 0 aromatic heterocycles. The first-order valence-corrected chi connectivity index (χ1v) is 5.42. The smallest absolute Gasteiger partial charge is 0.143 e. The quantitative estimate of drug-likeness (QED) is 0.424. The van der Waals surface area contributed by atoms with Crippen LogP contribution in [0.4, 0.5) is 0 Å². The lowest BCUT2D eigenvalue weighted by Crippen LogP contribution is -2.18. The molecule has 0 unspecified atom stereocenters. The first kappa shape index (κ1) is 11.6. The second-order valence-electron chi connectivity index (χ2n) is 4.36. The minimum Gasteiger partial charge on any atom is -0.378 e. The van der Waals surface area contributed by atoms with Crippen LogP contribution in [0.15, 0.2) is 0 Å². The van der Waals surface area contributed by atoms with Gasteiger partial charge in [0.05, 0.1) is 5.60 Å². The molecule has 1 N–H and O–H groups in total. The molecule has 2 atom stereocenters. The van der Waals surface area contributed by atoms with E-state index in [-0.39, 0.29) is 11.7 Å². The van der Waals surface area contributed by atoms with Gasteiger partial charge in [0.2, 0.25) is 0 Å². The molecule has 1 aliphatic rings. The van der Waals surface area contributed by atoms with Gasteiger partial charge in [-0.1, -0.05) is 25.7 Å². The van der Waals surface area contributed by atoms with Crippen molar-refractivity contribution in [3.63, 3.8) is 0 Å². The van der Waals surface area contributed by atoms with Gasteiger partial charge in [0.25, 0.3) is 0 Å². The van der Waals surface area contributed by atoms with E-state index in [4.69, 9.17) is 4.74 Å². The molecule has 2 heteroatoms. The zero-order valence-electron chi connectivity index (χ0n) is 9.34. The van der Waals surface area contributed by atoms with Crippen molar-refractivity contribution in [3.8, 4) is 11.8 Å². The van der Waals surface area contributed by atoms with Crippen LogP contribution in [0.25, 0.3) is 0 Å². The zero-order chi connectivity index (χ0) is 10.6. The van der Waals surface area contributed by atoms with Crippen LogP contribution in [-0.2, 0) is 4.74 Å². The maximum atomic E-state index is 9.58. The predicted molar refractivity (Wildman–Crippen MR) is 56.9 cm³/mol. The molecule has 0 spiro atoms. The molecule has 1 heterocycles. The van der Waals surface area contributed by atoms with Crippen molar-refractivity contribution >= 4 is 0 Å². The summed E-state index contributed by atoms with van der Waals surface area (Å²) in [6.45, 7) is 6.11. The average Bonchev–Trinajstić information content (AvgIpc) is 2.75. The van der Waals surface area contributed by atoms with Crippen molar-refractivity contribution in [1.82, 2.24) is 0 Å². The number of rotatable bonds is 4. The first-order valence-electron chi connectivity index (χ1n) is 5.42. The number of hydrogen-bond acceptors (Lipinski definition) is 2. The molecule has 1 rings (SSSR count). The Morgan fingerprint density at radius 1 is 1.43 bits per heavy atom. The molecular weight excluding hydrogens is 176 g/mol. The van der Waals surface area contributed by atoms with Crippen LogP contribution < -0.4 is 0 Å². The van der Waals surface area contributed by atoms with Gasteiger partial charge >= 0.3 is 0 Å². The van der Waals surface area contributed by atoms with Gasteiger partial charge in [-0.05, 0) is 20.3 Å². The molecule has 0 radical (unpaired) electrons. The largest absolute Gasteiger partial charge is 0.378 e. The maximum Gasteiger partial charge on any atom is 0.143 e. The molecule has 80 valence electrons. The van der Waals surface area contributed by atoms with Crippen molar-refractivity contribution < 1.29 is 9.84 Å². The number of hydrogen-bond donors (Lipinski definition) is 1. The highest BCUT2D eigenvalue weighted by molar-refractivity contribution is 5.14. The summed E-state index contributed by atoms with van der Waals surface area (Å²) in [5.74, 6) is 5.84. The lowest BCUT2D eigenvalue weighted by atomic mass is 10.1. The molecule has 0 amide bonds. The SMILES string of the molecule is CCCCCC#C[C@@H](O)[C@@H]1OC1(C)C. The molecule has 0 saturated carbocycles. The normalized spacial score (nSPS) is 25.0. The molecule has 1 aliphatic heterocycles. The van der Waals surface area contributed by atoms with Crippen molar-refractivity contribution in [2.24, 2.45) is 0 Å². The molecule has 0 aliphatic carbocycles. The lowest BCUT2D eigenvalue weighted by Gasteiger charge is -1.98. The second kappa shape index (κ2) is 4.82. The Balaban J connectivity index is 2.17. The fourth-order valence-corrected chi connectivity index (χ4v) is 1.45. The molecule has 2 nitrogen and oxygen atoms in total. The third-order valence-corrected chi connectivity index (χ3v) is 2.50. The van der Waals surface area contributed by atoms with Gasteiger partial charge in [0.1, 0.15) is 12.2 Å². The van der Waals surface area contributed by atoms with Crippen LogP contribution in [0.3, 0.4) is 0 Å². The van der Waals surface area contributed by atoms with E-state index in [1.54, 1.807) is 0 Å². The third kappa shape index (κ3) is 3.32. The second-order valence-corrected chi connectivity index (χ2v) is 4.36. The van der Waals surface area contributed by atoms with Gasteiger partial charge in [-0.2, -0.15) is 0 Å². The highest BCUT2D eigenvalue weighted by atomic mass is 16.6. The van der Waals surface area contributed by atoms with E-state index in [1.165, 1.54) is 12.8 Å². The average molecular weight is 196 g/mol. The summed E-state index contributed by atoms with van der Waals surface area (Å²) in [5, 5.41) is 9.58. The molecule has 0 aromatic carbocycles. The number of unbranched alkanes of at least 4 members (excludes halogenated alkanes) is 3. The van der Waals surface area contributed by atoms with E-state index >= 15 is 0 Å². The van der Waals surface area contributed by atoms with Crippen molar-refractivity contribution in [2.45, 2.75) is 64.3 Å². The van der Waals surface area contributed by atoms with E-state index in [2.05, 4.69) is 18.8 Å². The Hall–Kier alpha value is -0.520. The zero-order valence-corrected chi connectivity index (χ0v) is 9.34. The minimum atomic E-state index is -0.605. The monoisotopic (exact) mass is 196 g/mol. The standard InChI is InChI=1S/C12H20O2/c1-4-5-6-7-8-9-10(13)11-12(2,3)14-11/h10-11,13H,4-7H2,1-3H3/t10-,11+/m1/s1. The van der Waals surface area contributed by atoms with Crippen LogP contribution in [0.1, 0.15) is 46.5 Å². The number of aliphatic hydroxyl groups excluding tert-OH is 1. The van der Waals surface area contributed by atoms with Gasteiger partial charge in [-0.3, -0.25) is 0 Å². The van der Waals surface area contributed by atoms with Crippen molar-refractivity contribution in [2.75, 3.05) is 0 Å². The van der Waals surface area contributed by atoms with Crippen LogP contribution in [-0.4, -0.2) is 22.9 Å². The van der Waals surface area contributed by atoms with Gasteiger partial charge in [0, 0.05) is 6.42 Å². The molecule has 1 saturated heterocycles. The summed E-state index contributed by atoms with van der Waals surface area (Å²) in [6, 6.07) is 0. The van der Waals surface area contributed by atoms with Crippen LogP contribution in [0.2, 0.25) is 0 Å². The fourth-order valence-electron chi connectivity index (χ4n) is 1.45. The van der Waals surface area contributed by atoms with Crippen molar-refractivity contribution in [3.05, 3.63) is 0 Å². The summed E-state index contributed by atoms with van der Waals surface area (Å²) < 4.78 is 5.29. The van der Waals surface area contributed by atoms with E-state index in [9.17, 15) is 5.11 Å². The molecular formula is C12H20O2. The Morgan fingerprint density at radius 3 is 2.57 bits per heavy atom. The van der Waals surface area contributed by atoms with Crippen molar-refractivity contribution in [1.29, 1.82) is 0 Å². The molecule has 0 aromatic rings. The summed E-state index contributed by atoms with van der Waals surface area (Å²) in [6.07, 6.45) is 3.76. The lowest BCUT2D eigenvalue weighted by molar-refractivity contribution is 0.184. The highest BCUT2D eigenvalue weighted by Crippen LogP contribution is 2.37. The van der Waals surface area contributed by atoms with E-state index in [0.717, 1.165) is 12.8 Å². The van der Waals surface area contributed by atoms with Crippen LogP contribution in [0.5, 0.6) is 0 Å². The van der Waals surface area contributed by atoms with Crippen LogP contribution in [0, 0.1) is 11.8 Å². The number of aliphatic hydroxyl groups is 1. The van der Waals surface area contributed by atoms with E-state index < -0.39 is 6.10 Å². The van der Waals surface area contributed by atoms with Gasteiger partial charge in [-0.15, -0.1) is 5.92 Å². The highest BCUT2D eigenvalue weighted by Gasteiger charge is 2.51. The Morgan fingerprint density at radius 2 is 2.07 bits per heavy atom. The van der Waals surface area contributed by atoms with Gasteiger partial charge < -0.3 is 9.84 Å². The summed E-state index contributed by atoms with van der Waals surface area (Å²) in [7, 11) is 0. The maximum absolute atomic E-state index is 9.58.